The van der Waals surface area contributed by atoms with Crippen molar-refractivity contribution >= 4 is 40.1 Å². The Kier molecular flexibility index (Phi) is 10.9. The van der Waals surface area contributed by atoms with Crippen LogP contribution in [0.2, 0.25) is 0 Å². The molecule has 0 saturated heterocycles. The van der Waals surface area contributed by atoms with Gasteiger partial charge in [-0.05, 0) is 91.8 Å². The molecule has 10 rings (SSSR count). The second-order valence-electron chi connectivity index (χ2n) is 15.5. The van der Waals surface area contributed by atoms with Crippen molar-refractivity contribution in [3.8, 4) is 55.8 Å². The molecule has 298 valence electrons. The number of benzene rings is 9. The van der Waals surface area contributed by atoms with Crippen LogP contribution < -0.4 is 0 Å². The molecule has 0 unspecified atom stereocenters. The van der Waals surface area contributed by atoms with Crippen molar-refractivity contribution in [1.82, 2.24) is 4.98 Å². The maximum atomic E-state index is 5.14. The summed E-state index contributed by atoms with van der Waals surface area (Å²) in [7, 11) is 0. The van der Waals surface area contributed by atoms with Crippen LogP contribution in [-0.4, -0.2) is 23.4 Å². The van der Waals surface area contributed by atoms with Crippen LogP contribution in [0, 0.1) is 0 Å². The van der Waals surface area contributed by atoms with E-state index in [1.54, 1.807) is 0 Å². The summed E-state index contributed by atoms with van der Waals surface area (Å²) in [6.07, 6.45) is 0. The molecule has 0 aliphatic heterocycles. The first-order valence-corrected chi connectivity index (χ1v) is 21.2. The molecule has 0 aliphatic rings. The lowest BCUT2D eigenvalue weighted by Crippen LogP contribution is -2.06. The fourth-order valence-electron chi connectivity index (χ4n) is 8.24. The lowest BCUT2D eigenvalue weighted by molar-refractivity contribution is 1.06. The van der Waals surface area contributed by atoms with Gasteiger partial charge < -0.3 is 0 Å². The van der Waals surface area contributed by atoms with E-state index in [2.05, 4.69) is 224 Å². The number of fused-ring (bicyclic) bond motifs is 3. The van der Waals surface area contributed by atoms with E-state index in [-0.39, 0.29) is 0 Å². The molecule has 0 aliphatic carbocycles. The van der Waals surface area contributed by atoms with Gasteiger partial charge in [0.25, 0.3) is 0 Å². The Balaban J connectivity index is 0.977. The molecule has 0 spiro atoms. The van der Waals surface area contributed by atoms with E-state index in [1.807, 2.05) is 18.2 Å². The first-order valence-electron chi connectivity index (χ1n) is 21.2. The fraction of sp³-hybridized carbons (Fsp3) is 0.0169. The lowest BCUT2D eigenvalue weighted by atomic mass is 9.93. The van der Waals surface area contributed by atoms with E-state index in [0.717, 1.165) is 77.8 Å². The number of amidine groups is 2. The van der Waals surface area contributed by atoms with Crippen LogP contribution in [-0.2, 0) is 6.54 Å². The molecule has 1 heterocycles. The van der Waals surface area contributed by atoms with Crippen molar-refractivity contribution in [3.63, 3.8) is 0 Å². The molecule has 0 saturated carbocycles. The van der Waals surface area contributed by atoms with Crippen molar-refractivity contribution in [2.45, 2.75) is 6.54 Å². The Morgan fingerprint density at radius 2 is 0.968 bits per heavy atom. The van der Waals surface area contributed by atoms with Gasteiger partial charge >= 0.3 is 0 Å². The van der Waals surface area contributed by atoms with Crippen LogP contribution in [0.15, 0.2) is 245 Å². The number of rotatable bonds is 9. The lowest BCUT2D eigenvalue weighted by Gasteiger charge is -2.14. The quantitative estimate of drug-likeness (QED) is 0.0814. The van der Waals surface area contributed by atoms with E-state index < -0.39 is 0 Å². The summed E-state index contributed by atoms with van der Waals surface area (Å²) in [5.41, 5.74) is 14.9. The van der Waals surface area contributed by atoms with E-state index in [9.17, 15) is 0 Å². The predicted molar refractivity (Wildman–Crippen MR) is 266 cm³/mol. The van der Waals surface area contributed by atoms with Gasteiger partial charge in [-0.25, -0.2) is 15.0 Å². The third-order valence-corrected chi connectivity index (χ3v) is 11.5. The highest BCUT2D eigenvalue weighted by Gasteiger charge is 2.14. The van der Waals surface area contributed by atoms with Crippen LogP contribution in [0.25, 0.3) is 77.4 Å². The summed E-state index contributed by atoms with van der Waals surface area (Å²) in [5, 5.41) is 3.55. The molecule has 0 radical (unpaired) electrons. The molecule has 10 aromatic rings. The smallest absolute Gasteiger partial charge is 0.161 e. The standard InChI is InChI=1S/C59H42N4/c1-60-58(63-59(52-25-14-24-51(38-52)43-18-7-3-8-19-43)61-40-41-15-13-23-50(37-41)42-16-5-2-6-17-42)49-33-29-45(30-34-49)44-27-31-47(32-28-44)54-39-56(48-21-9-4-10-22-48)62-55-36-35-46-20-11-12-26-53(46)57(54)55/h2-39H,1,40H2. The SMILES string of the molecule is C=NC(=NC(=NCc1cccc(-c2ccccc2)c1)c1cccc(-c2ccccc2)c1)c1ccc(-c2ccc(-c3cc(-c4ccccc4)nc4ccc5ccccc5c34)cc2)cc1. The van der Waals surface area contributed by atoms with E-state index in [4.69, 9.17) is 15.0 Å². The van der Waals surface area contributed by atoms with Crippen molar-refractivity contribution in [3.05, 3.63) is 247 Å². The molecule has 0 fully saturated rings. The number of pyridine rings is 1. The minimum absolute atomic E-state index is 0.452. The zero-order valence-electron chi connectivity index (χ0n) is 34.6. The van der Waals surface area contributed by atoms with Crippen molar-refractivity contribution in [2.24, 2.45) is 15.0 Å². The number of hydrogen-bond acceptors (Lipinski definition) is 2. The van der Waals surface area contributed by atoms with Gasteiger partial charge in [0, 0.05) is 22.1 Å². The molecule has 0 amide bonds. The average Bonchev–Trinajstić information content (AvgIpc) is 3.37. The minimum atomic E-state index is 0.452. The topological polar surface area (TPSA) is 50.0 Å². The molecule has 4 nitrogen and oxygen atoms in total. The summed E-state index contributed by atoms with van der Waals surface area (Å²) >= 11 is 0. The Morgan fingerprint density at radius 1 is 0.413 bits per heavy atom. The van der Waals surface area contributed by atoms with E-state index >= 15 is 0 Å². The molecular weight excluding hydrogens is 765 g/mol. The third kappa shape index (κ3) is 8.39. The molecule has 0 atom stereocenters. The van der Waals surface area contributed by atoms with Crippen molar-refractivity contribution < 1.29 is 0 Å². The van der Waals surface area contributed by atoms with Gasteiger partial charge in [0.2, 0.25) is 0 Å². The third-order valence-electron chi connectivity index (χ3n) is 11.5. The van der Waals surface area contributed by atoms with Gasteiger partial charge in [0.05, 0.1) is 17.8 Å². The van der Waals surface area contributed by atoms with Gasteiger partial charge in [0.15, 0.2) is 11.7 Å². The maximum absolute atomic E-state index is 5.14. The summed E-state index contributed by atoms with van der Waals surface area (Å²) < 4.78 is 0. The van der Waals surface area contributed by atoms with Gasteiger partial charge in [-0.3, -0.25) is 4.99 Å². The normalized spacial score (nSPS) is 11.8. The first-order chi connectivity index (χ1) is 31.2. The molecule has 9 aromatic carbocycles. The van der Waals surface area contributed by atoms with Crippen LogP contribution in [0.4, 0.5) is 0 Å². The summed E-state index contributed by atoms with van der Waals surface area (Å²) in [4.78, 5) is 19.8. The highest BCUT2D eigenvalue weighted by atomic mass is 15.0. The first kappa shape index (κ1) is 38.8. The number of aliphatic imine (C=N–C) groups is 3. The Morgan fingerprint density at radius 3 is 1.65 bits per heavy atom. The molecule has 0 N–H and O–H groups in total. The van der Waals surface area contributed by atoms with Crippen LogP contribution >= 0.6 is 0 Å². The van der Waals surface area contributed by atoms with E-state index in [0.29, 0.717) is 18.2 Å². The Bertz CT molecular complexity index is 3280. The average molecular weight is 807 g/mol. The van der Waals surface area contributed by atoms with Crippen molar-refractivity contribution in [1.29, 1.82) is 0 Å². The zero-order chi connectivity index (χ0) is 42.4. The monoisotopic (exact) mass is 806 g/mol. The second kappa shape index (κ2) is 17.7. The number of aromatic nitrogens is 1. The summed E-state index contributed by atoms with van der Waals surface area (Å²) in [6.45, 7) is 4.41. The summed E-state index contributed by atoms with van der Waals surface area (Å²) in [5.74, 6) is 1.09. The Hall–Kier alpha value is -8.34. The van der Waals surface area contributed by atoms with Gasteiger partial charge in [-0.15, -0.1) is 0 Å². The minimum Gasteiger partial charge on any atom is -0.261 e. The fourth-order valence-corrected chi connectivity index (χ4v) is 8.24. The number of nitrogens with zero attached hydrogens (tertiary/aromatic N) is 4. The van der Waals surface area contributed by atoms with Crippen LogP contribution in [0.1, 0.15) is 16.7 Å². The molecule has 63 heavy (non-hydrogen) atoms. The second-order valence-corrected chi connectivity index (χ2v) is 15.5. The number of hydrogen-bond donors (Lipinski definition) is 0. The highest BCUT2D eigenvalue weighted by Crippen LogP contribution is 2.37. The molecule has 0 bridgehead atoms. The molecular formula is C59H42N4. The van der Waals surface area contributed by atoms with Crippen LogP contribution in [0.5, 0.6) is 0 Å². The van der Waals surface area contributed by atoms with Crippen LogP contribution in [0.3, 0.4) is 0 Å². The van der Waals surface area contributed by atoms with Crippen molar-refractivity contribution in [2.75, 3.05) is 0 Å². The molecule has 1 aromatic heterocycles. The highest BCUT2D eigenvalue weighted by molar-refractivity contribution is 6.14. The van der Waals surface area contributed by atoms with Gasteiger partial charge in [-0.1, -0.05) is 206 Å². The van der Waals surface area contributed by atoms with Gasteiger partial charge in [-0.2, -0.15) is 0 Å². The Labute approximate surface area is 368 Å². The van der Waals surface area contributed by atoms with E-state index in [1.165, 1.54) is 16.3 Å². The molecule has 4 heteroatoms. The summed E-state index contributed by atoms with van der Waals surface area (Å²) in [6, 6.07) is 80.4. The largest absolute Gasteiger partial charge is 0.261 e. The van der Waals surface area contributed by atoms with Gasteiger partial charge in [0.1, 0.15) is 0 Å². The maximum Gasteiger partial charge on any atom is 0.161 e. The zero-order valence-corrected chi connectivity index (χ0v) is 34.6. The predicted octanol–water partition coefficient (Wildman–Crippen LogP) is 14.8.